The molecular weight excluding hydrogens is 575 g/mol. The quantitative estimate of drug-likeness (QED) is 0.0219. The van der Waals surface area contributed by atoms with Gasteiger partial charge in [0.15, 0.2) is 0 Å². The highest BCUT2D eigenvalue weighted by Gasteiger charge is 2.20. The van der Waals surface area contributed by atoms with E-state index in [2.05, 4.69) is 117 Å². The summed E-state index contributed by atoms with van der Waals surface area (Å²) < 4.78 is 0. The van der Waals surface area contributed by atoms with E-state index in [0.717, 1.165) is 75.9 Å². The first-order valence-electron chi connectivity index (χ1n) is 17.0. The number of rotatable bonds is 24. The number of aliphatic imine (C=N–C) groups is 1. The first-order chi connectivity index (χ1) is 21.6. The summed E-state index contributed by atoms with van der Waals surface area (Å²) >= 11 is 0. The molecule has 0 aromatic carbocycles. The Labute approximate surface area is 277 Å². The minimum absolute atomic E-state index is 0.290. The van der Waals surface area contributed by atoms with Crippen molar-refractivity contribution in [2.24, 2.45) is 10.7 Å². The second-order valence-corrected chi connectivity index (χ2v) is 15.4. The summed E-state index contributed by atoms with van der Waals surface area (Å²) in [7, 11) is 1.77. The summed E-state index contributed by atoms with van der Waals surface area (Å²) in [6, 6.07) is 0.290. The maximum absolute atomic E-state index is 6.33. The largest absolute Gasteiger partial charge is 0.326 e. The van der Waals surface area contributed by atoms with Crippen molar-refractivity contribution < 1.29 is 4.94 Å². The Balaban J connectivity index is 5.26. The summed E-state index contributed by atoms with van der Waals surface area (Å²) in [5, 5.41) is 10.6. The molecule has 8 heteroatoms. The fourth-order valence-corrected chi connectivity index (χ4v) is 7.14. The number of hydroxylamine groups is 3. The van der Waals surface area contributed by atoms with Crippen LogP contribution in [0.25, 0.3) is 0 Å². The fraction of sp³-hybridized carbons (Fsp3) is 0.622. The molecule has 0 aromatic heterocycles. The van der Waals surface area contributed by atoms with Crippen molar-refractivity contribution in [3.8, 4) is 11.8 Å². The van der Waals surface area contributed by atoms with Gasteiger partial charge in [-0.2, -0.15) is 10.5 Å². The van der Waals surface area contributed by atoms with Crippen LogP contribution in [0.2, 0.25) is 0 Å². The molecule has 5 N–H and O–H groups in total. The first-order valence-corrected chi connectivity index (χ1v) is 19.4. The molecule has 7 nitrogen and oxygen atoms in total. The van der Waals surface area contributed by atoms with Gasteiger partial charge >= 0.3 is 0 Å². The van der Waals surface area contributed by atoms with Gasteiger partial charge in [-0.25, -0.2) is 4.94 Å². The Hall–Kier alpha value is -2.01. The number of hydrogen-bond acceptors (Lipinski definition) is 6. The van der Waals surface area contributed by atoms with Crippen LogP contribution in [-0.4, -0.2) is 75.0 Å². The average Bonchev–Trinajstić information content (AvgIpc) is 3.03. The minimum Gasteiger partial charge on any atom is -0.326 e. The standard InChI is InChI=1S/C37H67N6OP/c1-11-20-36(25-19-27-41-33(7)30-43(28-13-3)44-39-9)23-17-16-22-35(15-5)24-18-21-32(6)42-37(29-40-26-12-2)45(10,31-38)34(8)14-4/h15,18-19,23-25,32,39-40,42H,8,11-14,17,20-21,26-31,38H2,1-7,9-10H3/b24-18-,25-19-,35-15-,36-23+,41-33?. The van der Waals surface area contributed by atoms with Gasteiger partial charge in [0.1, 0.15) is 0 Å². The Morgan fingerprint density at radius 3 is 2.49 bits per heavy atom. The fourth-order valence-electron chi connectivity index (χ4n) is 4.61. The van der Waals surface area contributed by atoms with Crippen LogP contribution in [0.5, 0.6) is 0 Å². The van der Waals surface area contributed by atoms with Gasteiger partial charge in [-0.1, -0.05) is 107 Å². The Kier molecular flexibility index (Phi) is 25.9. The SMILES string of the molecule is C=C(CC)P(C)(CN)=C(CNCCC)NC(C)C/C=C\C(C#CC/C=C(/C=C\CN=C(C)CN(CCC)ONC)CCC)=C/C. The van der Waals surface area contributed by atoms with E-state index in [4.69, 9.17) is 10.7 Å². The lowest BCUT2D eigenvalue weighted by molar-refractivity contribution is -0.194. The Morgan fingerprint density at radius 2 is 1.89 bits per heavy atom. The lowest BCUT2D eigenvalue weighted by Crippen LogP contribution is -2.40. The molecule has 0 aliphatic rings. The summed E-state index contributed by atoms with van der Waals surface area (Å²) in [6.07, 6.45) is 20.5. The summed E-state index contributed by atoms with van der Waals surface area (Å²) in [6.45, 7) is 24.2. The molecule has 2 unspecified atom stereocenters. The average molecular weight is 643 g/mol. The number of nitrogens with zero attached hydrogens (tertiary/aromatic N) is 2. The molecule has 0 bridgehead atoms. The zero-order valence-electron chi connectivity index (χ0n) is 30.3. The van der Waals surface area contributed by atoms with Gasteiger partial charge in [0.05, 0.1) is 13.1 Å². The van der Waals surface area contributed by atoms with Gasteiger partial charge < -0.3 is 11.1 Å². The van der Waals surface area contributed by atoms with Gasteiger partial charge in [-0.3, -0.25) is 10.3 Å². The molecule has 0 spiro atoms. The molecule has 0 aromatic rings. The van der Waals surface area contributed by atoms with Crippen LogP contribution >= 0.6 is 6.89 Å². The van der Waals surface area contributed by atoms with Crippen molar-refractivity contribution in [1.29, 1.82) is 0 Å². The molecule has 0 aliphatic carbocycles. The topological polar surface area (TPSA) is 86.9 Å². The third kappa shape index (κ3) is 19.3. The number of allylic oxidation sites excluding steroid dienone is 7. The van der Waals surface area contributed by atoms with Crippen LogP contribution < -0.4 is 21.8 Å². The predicted octanol–water partition coefficient (Wildman–Crippen LogP) is 7.39. The normalized spacial score (nSPS) is 15.0. The molecular formula is C37H67N6OP. The molecule has 0 saturated carbocycles. The number of nitrogens with two attached hydrogens (primary N) is 1. The van der Waals surface area contributed by atoms with E-state index in [-0.39, 0.29) is 6.04 Å². The molecule has 0 radical (unpaired) electrons. The molecule has 2 atom stereocenters. The molecule has 0 amide bonds. The predicted molar refractivity (Wildman–Crippen MR) is 204 cm³/mol. The van der Waals surface area contributed by atoms with E-state index >= 15 is 0 Å². The zero-order valence-corrected chi connectivity index (χ0v) is 31.2. The van der Waals surface area contributed by atoms with Crippen molar-refractivity contribution in [1.82, 2.24) is 21.2 Å². The van der Waals surface area contributed by atoms with E-state index in [1.807, 2.05) is 18.9 Å². The smallest absolute Gasteiger partial charge is 0.0636 e. The lowest BCUT2D eigenvalue weighted by Gasteiger charge is -2.30. The van der Waals surface area contributed by atoms with Crippen LogP contribution in [0.4, 0.5) is 0 Å². The van der Waals surface area contributed by atoms with Crippen LogP contribution in [0.3, 0.4) is 0 Å². The third-order valence-corrected chi connectivity index (χ3v) is 11.4. The second kappa shape index (κ2) is 27.1. The van der Waals surface area contributed by atoms with Crippen LogP contribution in [0, 0.1) is 11.8 Å². The van der Waals surface area contributed by atoms with E-state index in [9.17, 15) is 0 Å². The second-order valence-electron chi connectivity index (χ2n) is 11.5. The number of hydrogen-bond donors (Lipinski definition) is 4. The Bertz CT molecular complexity index is 1100. The van der Waals surface area contributed by atoms with E-state index in [0.29, 0.717) is 19.4 Å². The van der Waals surface area contributed by atoms with Crippen molar-refractivity contribution in [3.05, 3.63) is 59.5 Å². The lowest BCUT2D eigenvalue weighted by atomic mass is 10.1. The van der Waals surface area contributed by atoms with Crippen molar-refractivity contribution in [2.45, 2.75) is 99.5 Å². The van der Waals surface area contributed by atoms with Gasteiger partial charge in [0.2, 0.25) is 0 Å². The van der Waals surface area contributed by atoms with Gasteiger partial charge in [0.25, 0.3) is 0 Å². The summed E-state index contributed by atoms with van der Waals surface area (Å²) in [4.78, 5) is 10.1. The molecule has 45 heavy (non-hydrogen) atoms. The van der Waals surface area contributed by atoms with Crippen LogP contribution in [-0.2, 0) is 4.94 Å². The monoisotopic (exact) mass is 643 g/mol. The molecule has 0 saturated heterocycles. The summed E-state index contributed by atoms with van der Waals surface area (Å²) in [5.41, 5.74) is 13.8. The van der Waals surface area contributed by atoms with Crippen molar-refractivity contribution in [2.75, 3.05) is 52.7 Å². The summed E-state index contributed by atoms with van der Waals surface area (Å²) in [5.74, 6) is 6.69. The highest BCUT2D eigenvalue weighted by molar-refractivity contribution is 7.79. The molecule has 256 valence electrons. The van der Waals surface area contributed by atoms with Gasteiger partial charge in [-0.05, 0) is 66.1 Å². The van der Waals surface area contributed by atoms with Gasteiger partial charge in [0, 0.05) is 55.6 Å². The number of nitrogens with one attached hydrogen (secondary N) is 3. The maximum Gasteiger partial charge on any atom is 0.0636 e. The molecule has 0 fully saturated rings. The third-order valence-electron chi connectivity index (χ3n) is 7.43. The molecule has 0 aliphatic heterocycles. The van der Waals surface area contributed by atoms with Crippen molar-refractivity contribution in [3.63, 3.8) is 0 Å². The molecule has 0 rings (SSSR count). The highest BCUT2D eigenvalue weighted by Crippen LogP contribution is 2.51. The highest BCUT2D eigenvalue weighted by atomic mass is 31.2. The van der Waals surface area contributed by atoms with E-state index in [1.54, 1.807) is 7.05 Å². The van der Waals surface area contributed by atoms with Crippen molar-refractivity contribution >= 4 is 18.0 Å². The maximum atomic E-state index is 6.33. The van der Waals surface area contributed by atoms with Gasteiger partial charge in [-0.15, -0.1) is 0 Å². The zero-order chi connectivity index (χ0) is 33.9. The van der Waals surface area contributed by atoms with E-state index < -0.39 is 6.89 Å². The Morgan fingerprint density at radius 1 is 1.13 bits per heavy atom. The van der Waals surface area contributed by atoms with E-state index in [1.165, 1.54) is 16.3 Å². The molecule has 0 heterocycles. The first kappa shape index (κ1) is 43.0. The minimum atomic E-state index is -1.61. The van der Waals surface area contributed by atoms with Crippen LogP contribution in [0.1, 0.15) is 93.4 Å². The van der Waals surface area contributed by atoms with Crippen LogP contribution in [0.15, 0.2) is 64.5 Å².